The first-order valence-corrected chi connectivity index (χ1v) is 15.2. The van der Waals surface area contributed by atoms with Gasteiger partial charge in [-0.3, -0.25) is 9.69 Å². The van der Waals surface area contributed by atoms with Crippen LogP contribution in [0.2, 0.25) is 0 Å². The number of ether oxygens (including phenoxy) is 2. The molecule has 1 aliphatic rings. The third-order valence-electron chi connectivity index (χ3n) is 8.03. The molecule has 1 aliphatic heterocycles. The molecule has 1 N–H and O–H groups in total. The minimum Gasteiger partial charge on any atom is -0.484 e. The number of nitriles is 1. The molecule has 6 rings (SSSR count). The molecule has 0 spiro atoms. The smallest absolute Gasteiger partial charge is 0.309 e. The number of carboxylic acids is 1. The van der Waals surface area contributed by atoms with Crippen LogP contribution in [0.1, 0.15) is 48.2 Å². The van der Waals surface area contributed by atoms with Crippen LogP contribution in [0.15, 0.2) is 55.0 Å². The number of hydrogen-bond donors (Lipinski definition) is 1. The van der Waals surface area contributed by atoms with Crippen molar-refractivity contribution in [1.82, 2.24) is 34.0 Å². The number of carbonyl (C=O) groups is 1. The number of aliphatic carboxylic acids is 1. The number of fused-ring (bicyclic) bond motifs is 1. The zero-order chi connectivity index (χ0) is 32.9. The van der Waals surface area contributed by atoms with Crippen LogP contribution in [0.4, 0.5) is 8.78 Å². The van der Waals surface area contributed by atoms with Gasteiger partial charge >= 0.3 is 5.97 Å². The van der Waals surface area contributed by atoms with Crippen molar-refractivity contribution in [3.63, 3.8) is 0 Å². The van der Waals surface area contributed by atoms with E-state index in [4.69, 9.17) is 19.7 Å². The summed E-state index contributed by atoms with van der Waals surface area (Å²) in [5, 5.41) is 18.2. The summed E-state index contributed by atoms with van der Waals surface area (Å²) in [5.41, 5.74) is 2.91. The van der Waals surface area contributed by atoms with Crippen LogP contribution >= 0.6 is 0 Å². The minimum absolute atomic E-state index is 0.0212. The second-order valence-corrected chi connectivity index (χ2v) is 11.2. The van der Waals surface area contributed by atoms with Crippen molar-refractivity contribution in [2.75, 3.05) is 13.1 Å². The Balaban J connectivity index is 1.11. The molecule has 0 radical (unpaired) electrons. The average molecular weight is 643 g/mol. The Morgan fingerprint density at radius 1 is 1.06 bits per heavy atom. The van der Waals surface area contributed by atoms with Crippen LogP contribution in [0.5, 0.6) is 11.6 Å². The van der Waals surface area contributed by atoms with E-state index in [1.54, 1.807) is 12.4 Å². The van der Waals surface area contributed by atoms with Crippen LogP contribution in [0, 0.1) is 23.0 Å². The van der Waals surface area contributed by atoms with Gasteiger partial charge in [-0.05, 0) is 56.2 Å². The number of piperidine rings is 1. The highest BCUT2D eigenvalue weighted by molar-refractivity contribution is 5.74. The Morgan fingerprint density at radius 2 is 1.89 bits per heavy atom. The summed E-state index contributed by atoms with van der Waals surface area (Å²) in [7, 11) is 0. The van der Waals surface area contributed by atoms with Crippen molar-refractivity contribution >= 4 is 17.1 Å². The molecule has 5 heterocycles. The van der Waals surface area contributed by atoms with Gasteiger partial charge in [0.25, 0.3) is 0 Å². The Labute approximate surface area is 268 Å². The molecular weight excluding hydrogens is 610 g/mol. The Bertz CT molecular complexity index is 1940. The number of halogens is 2. The van der Waals surface area contributed by atoms with E-state index in [0.29, 0.717) is 55.9 Å². The monoisotopic (exact) mass is 642 g/mol. The summed E-state index contributed by atoms with van der Waals surface area (Å²) >= 11 is 0. The largest absolute Gasteiger partial charge is 0.484 e. The van der Waals surface area contributed by atoms with Gasteiger partial charge in [-0.1, -0.05) is 0 Å². The van der Waals surface area contributed by atoms with Gasteiger partial charge in [0.2, 0.25) is 5.88 Å². The maximum absolute atomic E-state index is 14.5. The topological polar surface area (TPSA) is 144 Å². The summed E-state index contributed by atoms with van der Waals surface area (Å²) in [6, 6.07) is 11.9. The zero-order valence-electron chi connectivity index (χ0n) is 25.6. The molecule has 0 saturated carbocycles. The third kappa shape index (κ3) is 7.36. The quantitative estimate of drug-likeness (QED) is 0.207. The highest BCUT2D eigenvalue weighted by atomic mass is 19.1. The number of nitrogens with zero attached hydrogens (tertiary/aromatic N) is 8. The van der Waals surface area contributed by atoms with E-state index < -0.39 is 17.6 Å². The number of carboxylic acid groups (broad SMARTS) is 1. The number of benzene rings is 1. The van der Waals surface area contributed by atoms with Crippen LogP contribution in [0.3, 0.4) is 0 Å². The first kappa shape index (κ1) is 31.6. The number of hydrogen-bond acceptors (Lipinski definition) is 9. The lowest BCUT2D eigenvalue weighted by Gasteiger charge is -2.31. The van der Waals surface area contributed by atoms with E-state index in [2.05, 4.69) is 19.9 Å². The van der Waals surface area contributed by atoms with Crippen LogP contribution < -0.4 is 9.47 Å². The molecule has 242 valence electrons. The van der Waals surface area contributed by atoms with Gasteiger partial charge in [0.15, 0.2) is 17.2 Å². The Hall–Kier alpha value is -5.42. The van der Waals surface area contributed by atoms with Crippen LogP contribution in [-0.2, 0) is 37.5 Å². The van der Waals surface area contributed by atoms with E-state index in [0.717, 1.165) is 24.1 Å². The summed E-state index contributed by atoms with van der Waals surface area (Å²) in [5.74, 6) is -1.31. The summed E-state index contributed by atoms with van der Waals surface area (Å²) in [6.45, 7) is 4.97. The first-order chi connectivity index (χ1) is 22.8. The van der Waals surface area contributed by atoms with Gasteiger partial charge < -0.3 is 23.7 Å². The second-order valence-electron chi connectivity index (χ2n) is 11.2. The van der Waals surface area contributed by atoms with E-state index >= 15 is 0 Å². The zero-order valence-corrected chi connectivity index (χ0v) is 25.6. The van der Waals surface area contributed by atoms with E-state index in [1.165, 1.54) is 24.3 Å². The fourth-order valence-corrected chi connectivity index (χ4v) is 5.58. The minimum atomic E-state index is -0.948. The van der Waals surface area contributed by atoms with E-state index in [1.807, 2.05) is 34.4 Å². The standard InChI is InChI=1S/C33H32F2N8O4/c1-2-42-20-37-16-23(42)17-43-30(39-27-6-4-22(14-32(44)45)38-33(27)43)18-41-11-9-24(10-12-41)47-31-8-5-25(34)28(40-31)19-46-29-7-3-21(15-36)13-26(29)35/h3-8,13,16,20,24H,2,9-12,14,17-19H2,1H3,(H,44,45). The SMILES string of the molecule is CCn1cncc1Cn1c(CN2CCC(Oc3ccc(F)c(COc4ccc(C#N)cc4F)n3)CC2)nc2ccc(CC(=O)O)nc21. The maximum atomic E-state index is 14.5. The third-order valence-corrected chi connectivity index (χ3v) is 8.03. The molecule has 1 aromatic carbocycles. The van der Waals surface area contributed by atoms with Crippen molar-refractivity contribution in [2.24, 2.45) is 0 Å². The predicted molar refractivity (Wildman–Crippen MR) is 164 cm³/mol. The lowest BCUT2D eigenvalue weighted by molar-refractivity contribution is -0.136. The van der Waals surface area contributed by atoms with Gasteiger partial charge in [-0.25, -0.2) is 28.7 Å². The second kappa shape index (κ2) is 13.9. The van der Waals surface area contributed by atoms with E-state index in [-0.39, 0.29) is 42.0 Å². The molecule has 47 heavy (non-hydrogen) atoms. The number of likely N-dealkylation sites (tertiary alicyclic amines) is 1. The highest BCUT2D eigenvalue weighted by Crippen LogP contribution is 2.24. The molecule has 5 aromatic rings. The molecule has 1 saturated heterocycles. The molecule has 1 fully saturated rings. The number of rotatable bonds is 12. The number of aromatic nitrogens is 6. The molecule has 4 aromatic heterocycles. The molecule has 0 aliphatic carbocycles. The van der Waals surface area contributed by atoms with E-state index in [9.17, 15) is 18.7 Å². The first-order valence-electron chi connectivity index (χ1n) is 15.2. The fraction of sp³-hybridized carbons (Fsp3) is 0.333. The van der Waals surface area contributed by atoms with Gasteiger partial charge in [-0.15, -0.1) is 0 Å². The molecule has 14 heteroatoms. The molecule has 0 bridgehead atoms. The van der Waals surface area contributed by atoms with Crippen molar-refractivity contribution < 1.29 is 28.2 Å². The molecule has 0 amide bonds. The molecule has 12 nitrogen and oxygen atoms in total. The molecule has 0 unspecified atom stereocenters. The summed E-state index contributed by atoms with van der Waals surface area (Å²) in [4.78, 5) is 31.7. The fourth-order valence-electron chi connectivity index (χ4n) is 5.58. The normalized spacial score (nSPS) is 13.9. The Kier molecular flexibility index (Phi) is 9.35. The van der Waals surface area contributed by atoms with Crippen molar-refractivity contribution in [3.8, 4) is 17.7 Å². The predicted octanol–water partition coefficient (Wildman–Crippen LogP) is 4.49. The van der Waals surface area contributed by atoms with Gasteiger partial charge in [0, 0.05) is 31.9 Å². The molecule has 0 atom stereocenters. The lowest BCUT2D eigenvalue weighted by Crippen LogP contribution is -2.38. The average Bonchev–Trinajstić information content (AvgIpc) is 3.66. The number of aryl methyl sites for hydroxylation is 1. The number of pyridine rings is 2. The van der Waals surface area contributed by atoms with Crippen molar-refractivity contribution in [2.45, 2.75) is 58.5 Å². The lowest BCUT2D eigenvalue weighted by atomic mass is 10.1. The van der Waals surface area contributed by atoms with Gasteiger partial charge in [-0.2, -0.15) is 5.26 Å². The Morgan fingerprint density at radius 3 is 2.64 bits per heavy atom. The van der Waals surface area contributed by atoms with Gasteiger partial charge in [0.1, 0.15) is 35.6 Å². The van der Waals surface area contributed by atoms with Crippen LogP contribution in [0.25, 0.3) is 11.2 Å². The van der Waals surface area contributed by atoms with Crippen LogP contribution in [-0.4, -0.2) is 64.2 Å². The highest BCUT2D eigenvalue weighted by Gasteiger charge is 2.24. The summed E-state index contributed by atoms with van der Waals surface area (Å²) < 4.78 is 44.3. The summed E-state index contributed by atoms with van der Waals surface area (Å²) in [6.07, 6.45) is 4.67. The van der Waals surface area contributed by atoms with Crippen molar-refractivity contribution in [1.29, 1.82) is 5.26 Å². The molecular formula is C33H32F2N8O4. The van der Waals surface area contributed by atoms with Gasteiger partial charge in [0.05, 0.1) is 48.9 Å². The maximum Gasteiger partial charge on any atom is 0.309 e. The number of imidazole rings is 2. The van der Waals surface area contributed by atoms with Crippen molar-refractivity contribution in [3.05, 3.63) is 95.1 Å².